The Morgan fingerprint density at radius 2 is 1.76 bits per heavy atom. The second-order valence-corrected chi connectivity index (χ2v) is 11.6. The molecule has 3 aliphatic carbocycles. The Balaban J connectivity index is 1.56. The maximum atomic E-state index is 13.8. The first-order chi connectivity index (χ1) is 19.3. The summed E-state index contributed by atoms with van der Waals surface area (Å²) >= 11 is 3.33. The van der Waals surface area contributed by atoms with E-state index in [0.29, 0.717) is 11.1 Å². The number of allylic oxidation sites excluding steroid dienone is 1. The minimum atomic E-state index is -2.72. The van der Waals surface area contributed by atoms with Crippen molar-refractivity contribution in [2.75, 3.05) is 19.4 Å². The molecule has 5 rings (SSSR count). The van der Waals surface area contributed by atoms with Gasteiger partial charge in [0, 0.05) is 11.5 Å². The molecule has 7 N–H and O–H groups in total. The quantitative estimate of drug-likeness (QED) is 0.164. The normalized spacial score (nSPS) is 26.3. The Morgan fingerprint density at radius 3 is 2.37 bits per heavy atom. The molecule has 3 aliphatic rings. The fourth-order valence-electron chi connectivity index (χ4n) is 6.30. The molecule has 0 saturated heterocycles. The van der Waals surface area contributed by atoms with Crippen molar-refractivity contribution in [3.63, 3.8) is 0 Å². The molecule has 11 nitrogen and oxygen atoms in total. The van der Waals surface area contributed by atoms with Crippen molar-refractivity contribution >= 4 is 45.0 Å². The second-order valence-electron chi connectivity index (χ2n) is 10.7. The number of nitrogens with zero attached hydrogens (tertiary/aromatic N) is 1. The second kappa shape index (κ2) is 10.1. The van der Waals surface area contributed by atoms with Gasteiger partial charge >= 0.3 is 0 Å². The van der Waals surface area contributed by atoms with E-state index in [1.54, 1.807) is 50.5 Å². The zero-order chi connectivity index (χ0) is 30.0. The fourth-order valence-corrected chi connectivity index (χ4v) is 6.72. The number of nitrogens with one attached hydrogen (secondary N) is 1. The maximum absolute atomic E-state index is 13.8. The average molecular weight is 626 g/mol. The Bertz CT molecular complexity index is 1570. The number of Topliss-reactive ketones (excluding diaryl/α,β-unsaturated/α-hetero) is 2. The summed E-state index contributed by atoms with van der Waals surface area (Å²) in [6.07, 6.45) is 0.148. The lowest BCUT2D eigenvalue weighted by molar-refractivity contribution is -0.148. The molecule has 41 heavy (non-hydrogen) atoms. The molecule has 0 aromatic heterocycles. The largest absolute Gasteiger partial charge is 0.510 e. The van der Waals surface area contributed by atoms with Crippen LogP contribution in [0.2, 0.25) is 0 Å². The smallest absolute Gasteiger partial charge is 0.255 e. The van der Waals surface area contributed by atoms with Crippen molar-refractivity contribution in [3.8, 4) is 5.75 Å². The van der Waals surface area contributed by atoms with Gasteiger partial charge in [0.25, 0.3) is 5.91 Å². The summed E-state index contributed by atoms with van der Waals surface area (Å²) in [5, 5.41) is 47.6. The molecule has 0 spiro atoms. The van der Waals surface area contributed by atoms with E-state index in [4.69, 9.17) is 5.73 Å². The molecule has 0 heterocycles. The van der Waals surface area contributed by atoms with Crippen molar-refractivity contribution < 1.29 is 39.6 Å². The molecule has 4 unspecified atom stereocenters. The third kappa shape index (κ3) is 4.25. The summed E-state index contributed by atoms with van der Waals surface area (Å²) in [7, 11) is 3.13. The third-order valence-corrected chi connectivity index (χ3v) is 9.12. The highest BCUT2D eigenvalue weighted by molar-refractivity contribution is 9.09. The number of benzene rings is 2. The lowest BCUT2D eigenvalue weighted by atomic mass is 9.58. The highest BCUT2D eigenvalue weighted by Gasteiger charge is 2.63. The number of anilines is 1. The number of ketones is 2. The van der Waals surface area contributed by atoms with E-state index in [0.717, 1.165) is 0 Å². The van der Waals surface area contributed by atoms with Crippen LogP contribution in [0.15, 0.2) is 65.1 Å². The van der Waals surface area contributed by atoms with Gasteiger partial charge in [0.1, 0.15) is 21.9 Å². The number of halogens is 1. The van der Waals surface area contributed by atoms with Gasteiger partial charge in [0.2, 0.25) is 11.7 Å². The Morgan fingerprint density at radius 1 is 1.10 bits per heavy atom. The number of aliphatic hydroxyl groups excluding tert-OH is 2. The van der Waals surface area contributed by atoms with E-state index >= 15 is 0 Å². The monoisotopic (exact) mass is 625 g/mol. The molecule has 0 bridgehead atoms. The van der Waals surface area contributed by atoms with Gasteiger partial charge in [-0.1, -0.05) is 52.3 Å². The van der Waals surface area contributed by atoms with Crippen LogP contribution in [-0.4, -0.2) is 74.4 Å². The van der Waals surface area contributed by atoms with Crippen molar-refractivity contribution in [1.29, 1.82) is 0 Å². The molecule has 0 saturated carbocycles. The number of rotatable bonds is 5. The summed E-state index contributed by atoms with van der Waals surface area (Å²) < 4.78 is 0. The summed E-state index contributed by atoms with van der Waals surface area (Å²) in [5.74, 6) is -7.81. The van der Waals surface area contributed by atoms with E-state index in [9.17, 15) is 39.6 Å². The number of carbonyl (C=O) groups excluding carboxylic acids is 4. The summed E-state index contributed by atoms with van der Waals surface area (Å²) in [4.78, 5) is 52.9. The van der Waals surface area contributed by atoms with Crippen LogP contribution in [0.1, 0.15) is 32.7 Å². The number of amides is 2. The molecule has 214 valence electrons. The van der Waals surface area contributed by atoms with E-state index in [1.807, 2.05) is 0 Å². The Hall–Kier alpha value is -4.00. The van der Waals surface area contributed by atoms with Gasteiger partial charge in [0.15, 0.2) is 17.1 Å². The number of carbonyl (C=O) groups is 4. The van der Waals surface area contributed by atoms with Crippen LogP contribution in [0.25, 0.3) is 0 Å². The predicted molar refractivity (Wildman–Crippen MR) is 150 cm³/mol. The summed E-state index contributed by atoms with van der Waals surface area (Å²) in [5.41, 5.74) is 2.38. The first kappa shape index (κ1) is 28.5. The number of alkyl halides is 1. The topological polar surface area (TPSA) is 190 Å². The highest BCUT2D eigenvalue weighted by atomic mass is 79.9. The van der Waals surface area contributed by atoms with Crippen LogP contribution in [-0.2, 0) is 20.8 Å². The molecule has 2 aromatic rings. The third-order valence-electron chi connectivity index (χ3n) is 8.18. The van der Waals surface area contributed by atoms with Crippen LogP contribution >= 0.6 is 15.9 Å². The van der Waals surface area contributed by atoms with Crippen LogP contribution in [0.5, 0.6) is 5.75 Å². The predicted octanol–water partition coefficient (Wildman–Crippen LogP) is 2.20. The SMILES string of the molecule is CN(C)[C@@H]1C(O)=C(C(N)=O)C(=O)C2(O)C(O)=C3C(=O)c4c(ccc(NC(=O)C(Br)c5ccccc5)c4O)CC3CC12. The minimum absolute atomic E-state index is 0.00659. The van der Waals surface area contributed by atoms with E-state index in [-0.39, 0.29) is 29.7 Å². The number of hydrogen-bond acceptors (Lipinski definition) is 9. The van der Waals surface area contributed by atoms with E-state index in [1.165, 1.54) is 11.0 Å². The molecule has 5 atom stereocenters. The molecule has 0 radical (unpaired) electrons. The van der Waals surface area contributed by atoms with Crippen molar-refractivity contribution in [2.45, 2.75) is 29.3 Å². The average Bonchev–Trinajstić information content (AvgIpc) is 2.91. The van der Waals surface area contributed by atoms with Gasteiger partial charge in [-0.05, 0) is 50.0 Å². The van der Waals surface area contributed by atoms with Crippen LogP contribution in [0.3, 0.4) is 0 Å². The zero-order valence-electron chi connectivity index (χ0n) is 22.1. The number of hydrogen-bond donors (Lipinski definition) is 6. The molecule has 2 amide bonds. The zero-order valence-corrected chi connectivity index (χ0v) is 23.7. The van der Waals surface area contributed by atoms with Crippen LogP contribution < -0.4 is 11.1 Å². The lowest BCUT2D eigenvalue weighted by Gasteiger charge is -2.50. The summed E-state index contributed by atoms with van der Waals surface area (Å²) in [6, 6.07) is 10.8. The van der Waals surface area contributed by atoms with Crippen molar-refractivity contribution in [1.82, 2.24) is 4.90 Å². The molecule has 12 heteroatoms. The van der Waals surface area contributed by atoms with Gasteiger partial charge in [-0.2, -0.15) is 0 Å². The number of primary amides is 1. The summed E-state index contributed by atoms with van der Waals surface area (Å²) in [6.45, 7) is 0. The Labute approximate surface area is 243 Å². The van der Waals surface area contributed by atoms with Gasteiger partial charge in [-0.15, -0.1) is 0 Å². The number of phenols is 1. The number of aliphatic hydroxyl groups is 3. The van der Waals surface area contributed by atoms with Crippen LogP contribution in [0.4, 0.5) is 5.69 Å². The minimum Gasteiger partial charge on any atom is -0.510 e. The van der Waals surface area contributed by atoms with Gasteiger partial charge in [0.05, 0.1) is 17.3 Å². The highest BCUT2D eigenvalue weighted by Crippen LogP contribution is 2.52. The fraction of sp³-hybridized carbons (Fsp3) is 0.310. The number of likely N-dealkylation sites (N-methyl/N-ethyl adjacent to an activating group) is 1. The van der Waals surface area contributed by atoms with Gasteiger partial charge in [-0.25, -0.2) is 0 Å². The Kier molecular flexibility index (Phi) is 7.04. The number of aromatic hydroxyl groups is 1. The molecule has 0 aliphatic heterocycles. The lowest BCUT2D eigenvalue weighted by Crippen LogP contribution is -2.63. The molecular formula is C29H28BrN3O8. The first-order valence-corrected chi connectivity index (χ1v) is 13.7. The van der Waals surface area contributed by atoms with Gasteiger partial charge in [-0.3, -0.25) is 24.1 Å². The number of fused-ring (bicyclic) bond motifs is 3. The molecule has 2 aromatic carbocycles. The first-order valence-electron chi connectivity index (χ1n) is 12.8. The number of phenolic OH excluding ortho intramolecular Hbond substituents is 1. The van der Waals surface area contributed by atoms with E-state index in [2.05, 4.69) is 21.2 Å². The van der Waals surface area contributed by atoms with Crippen LogP contribution in [0, 0.1) is 11.8 Å². The van der Waals surface area contributed by atoms with Crippen molar-refractivity contribution in [2.24, 2.45) is 17.6 Å². The molecular weight excluding hydrogens is 598 g/mol. The standard InChI is InChI=1S/C29H28BrN3O8/c1-33(2)21-15-11-14-10-13-8-9-16(32-28(40)20(30)12-6-4-3-5-7-12)22(34)17(13)23(35)18(14)25(37)29(15,41)26(38)19(24(21)36)27(31)39/h3-9,14-15,20-21,34,36-37,41H,10-11H2,1-2H3,(H2,31,39)(H,32,40)/t14?,15?,20?,21-,29?/m0/s1. The number of nitrogens with two attached hydrogens (primary N) is 1. The molecule has 0 fully saturated rings. The van der Waals surface area contributed by atoms with E-state index < -0.39 is 74.5 Å². The van der Waals surface area contributed by atoms with Crippen molar-refractivity contribution in [3.05, 3.63) is 81.8 Å². The van der Waals surface area contributed by atoms with Gasteiger partial charge < -0.3 is 31.5 Å². The maximum Gasteiger partial charge on any atom is 0.255 e.